The van der Waals surface area contributed by atoms with Gasteiger partial charge in [0.15, 0.2) is 6.61 Å². The van der Waals surface area contributed by atoms with Crippen molar-refractivity contribution in [3.63, 3.8) is 0 Å². The van der Waals surface area contributed by atoms with Gasteiger partial charge in [0.2, 0.25) is 0 Å². The summed E-state index contributed by atoms with van der Waals surface area (Å²) in [6.07, 6.45) is 0. The Morgan fingerprint density at radius 3 is 2.85 bits per heavy atom. The molecule has 102 valence electrons. The van der Waals surface area contributed by atoms with E-state index in [2.05, 4.69) is 0 Å². The molecular weight excluding hydrogens is 252 g/mol. The van der Waals surface area contributed by atoms with Gasteiger partial charge in [-0.2, -0.15) is 0 Å². The molecule has 0 aliphatic carbocycles. The number of benzene rings is 2. The predicted molar refractivity (Wildman–Crippen MR) is 78.7 cm³/mol. The highest BCUT2D eigenvalue weighted by Gasteiger charge is 2.25. The molecule has 0 radical (unpaired) electrons. The molecule has 1 heterocycles. The van der Waals surface area contributed by atoms with Crippen LogP contribution in [0.2, 0.25) is 0 Å². The number of anilines is 2. The van der Waals surface area contributed by atoms with E-state index in [1.165, 1.54) is 0 Å². The van der Waals surface area contributed by atoms with Crippen molar-refractivity contribution in [2.45, 2.75) is 13.5 Å². The van der Waals surface area contributed by atoms with E-state index in [-0.39, 0.29) is 12.5 Å². The molecule has 0 aromatic heterocycles. The minimum Gasteiger partial charge on any atom is -0.482 e. The zero-order chi connectivity index (χ0) is 14.1. The van der Waals surface area contributed by atoms with Crippen molar-refractivity contribution < 1.29 is 9.53 Å². The number of hydrogen-bond donors (Lipinski definition) is 1. The third-order valence-corrected chi connectivity index (χ3v) is 3.62. The third-order valence-electron chi connectivity index (χ3n) is 3.62. The summed E-state index contributed by atoms with van der Waals surface area (Å²) in [6, 6.07) is 13.4. The fourth-order valence-electron chi connectivity index (χ4n) is 2.37. The van der Waals surface area contributed by atoms with E-state index >= 15 is 0 Å². The van der Waals surface area contributed by atoms with Gasteiger partial charge < -0.3 is 15.4 Å². The standard InChI is InChI=1S/C16H16N2O2/c1-11-12(5-4-6-13(11)17)9-18-14-7-2-3-8-15(14)20-10-16(18)19/h2-8H,9-10,17H2,1H3. The second kappa shape index (κ2) is 4.89. The van der Waals surface area contributed by atoms with Gasteiger partial charge in [0.25, 0.3) is 5.91 Å². The summed E-state index contributed by atoms with van der Waals surface area (Å²) in [5.74, 6) is 0.708. The highest BCUT2D eigenvalue weighted by Crippen LogP contribution is 2.33. The van der Waals surface area contributed by atoms with Crippen LogP contribution in [0.5, 0.6) is 5.75 Å². The number of nitrogen functional groups attached to an aromatic ring is 1. The number of nitrogens with zero attached hydrogens (tertiary/aromatic N) is 1. The second-order valence-electron chi connectivity index (χ2n) is 4.87. The van der Waals surface area contributed by atoms with Gasteiger partial charge in [0, 0.05) is 5.69 Å². The van der Waals surface area contributed by atoms with Crippen molar-refractivity contribution in [3.8, 4) is 5.75 Å². The molecule has 0 spiro atoms. The molecule has 2 aromatic carbocycles. The molecule has 0 unspecified atom stereocenters. The molecule has 4 nitrogen and oxygen atoms in total. The summed E-state index contributed by atoms with van der Waals surface area (Å²) in [5.41, 5.74) is 9.55. The smallest absolute Gasteiger partial charge is 0.265 e. The van der Waals surface area contributed by atoms with Gasteiger partial charge in [-0.05, 0) is 36.2 Å². The zero-order valence-electron chi connectivity index (χ0n) is 11.3. The van der Waals surface area contributed by atoms with E-state index in [0.717, 1.165) is 28.3 Å². The Labute approximate surface area is 117 Å². The average molecular weight is 268 g/mol. The summed E-state index contributed by atoms with van der Waals surface area (Å²) < 4.78 is 5.44. The van der Waals surface area contributed by atoms with E-state index in [4.69, 9.17) is 10.5 Å². The van der Waals surface area contributed by atoms with Gasteiger partial charge in [-0.25, -0.2) is 0 Å². The predicted octanol–water partition coefficient (Wildman–Crippen LogP) is 2.50. The molecule has 1 aliphatic heterocycles. The number of carbonyl (C=O) groups excluding carboxylic acids is 1. The Morgan fingerprint density at radius 2 is 2.00 bits per heavy atom. The maximum absolute atomic E-state index is 12.1. The summed E-state index contributed by atoms with van der Waals surface area (Å²) >= 11 is 0. The van der Waals surface area contributed by atoms with Crippen molar-refractivity contribution in [2.24, 2.45) is 0 Å². The SMILES string of the molecule is Cc1c(N)cccc1CN1C(=O)COc2ccccc21. The molecule has 1 amide bonds. The first-order valence-corrected chi connectivity index (χ1v) is 6.53. The van der Waals surface area contributed by atoms with E-state index in [9.17, 15) is 4.79 Å². The van der Waals surface area contributed by atoms with Gasteiger partial charge in [0.05, 0.1) is 12.2 Å². The molecule has 20 heavy (non-hydrogen) atoms. The Bertz CT molecular complexity index is 667. The molecule has 2 aromatic rings. The molecule has 0 saturated carbocycles. The fraction of sp³-hybridized carbons (Fsp3) is 0.188. The molecule has 0 fully saturated rings. The van der Waals surface area contributed by atoms with E-state index in [0.29, 0.717) is 6.54 Å². The zero-order valence-corrected chi connectivity index (χ0v) is 11.3. The van der Waals surface area contributed by atoms with Crippen molar-refractivity contribution in [1.82, 2.24) is 0 Å². The fourth-order valence-corrected chi connectivity index (χ4v) is 2.37. The summed E-state index contributed by atoms with van der Waals surface area (Å²) in [4.78, 5) is 13.9. The lowest BCUT2D eigenvalue weighted by Gasteiger charge is -2.29. The molecule has 0 atom stereocenters. The second-order valence-corrected chi connectivity index (χ2v) is 4.87. The average Bonchev–Trinajstić information content (AvgIpc) is 2.46. The van der Waals surface area contributed by atoms with Crippen LogP contribution in [-0.2, 0) is 11.3 Å². The van der Waals surface area contributed by atoms with Crippen LogP contribution >= 0.6 is 0 Å². The van der Waals surface area contributed by atoms with Crippen LogP contribution in [0.3, 0.4) is 0 Å². The van der Waals surface area contributed by atoms with Crippen LogP contribution in [0.15, 0.2) is 42.5 Å². The highest BCUT2D eigenvalue weighted by atomic mass is 16.5. The largest absolute Gasteiger partial charge is 0.482 e. The summed E-state index contributed by atoms with van der Waals surface area (Å²) in [5, 5.41) is 0. The van der Waals surface area contributed by atoms with E-state index < -0.39 is 0 Å². The number of nitrogens with two attached hydrogens (primary N) is 1. The summed E-state index contributed by atoms with van der Waals surface area (Å²) in [7, 11) is 0. The topological polar surface area (TPSA) is 55.6 Å². The van der Waals surface area contributed by atoms with Crippen molar-refractivity contribution in [3.05, 3.63) is 53.6 Å². The molecule has 3 rings (SSSR count). The number of hydrogen-bond acceptors (Lipinski definition) is 3. The Balaban J connectivity index is 1.98. The lowest BCUT2D eigenvalue weighted by atomic mass is 10.1. The Hall–Kier alpha value is -2.49. The van der Waals surface area contributed by atoms with Gasteiger partial charge in [-0.1, -0.05) is 24.3 Å². The minimum absolute atomic E-state index is 0.0366. The van der Waals surface area contributed by atoms with Crippen LogP contribution < -0.4 is 15.4 Å². The van der Waals surface area contributed by atoms with Gasteiger partial charge in [-0.3, -0.25) is 4.79 Å². The first kappa shape index (κ1) is 12.5. The van der Waals surface area contributed by atoms with Crippen molar-refractivity contribution in [2.75, 3.05) is 17.2 Å². The van der Waals surface area contributed by atoms with Crippen LogP contribution in [0, 0.1) is 6.92 Å². The van der Waals surface area contributed by atoms with E-state index in [1.807, 2.05) is 49.4 Å². The minimum atomic E-state index is -0.0366. The number of ether oxygens (including phenoxy) is 1. The Morgan fingerprint density at radius 1 is 1.20 bits per heavy atom. The maximum atomic E-state index is 12.1. The molecule has 0 saturated heterocycles. The van der Waals surface area contributed by atoms with Gasteiger partial charge >= 0.3 is 0 Å². The molecule has 0 bridgehead atoms. The van der Waals surface area contributed by atoms with E-state index in [1.54, 1.807) is 4.90 Å². The molecule has 2 N–H and O–H groups in total. The monoisotopic (exact) mass is 268 g/mol. The number of amides is 1. The molecule has 1 aliphatic rings. The quantitative estimate of drug-likeness (QED) is 0.851. The van der Waals surface area contributed by atoms with Crippen LogP contribution in [0.1, 0.15) is 11.1 Å². The number of carbonyl (C=O) groups is 1. The van der Waals surface area contributed by atoms with Gasteiger partial charge in [0.1, 0.15) is 5.75 Å². The van der Waals surface area contributed by atoms with Crippen LogP contribution in [0.4, 0.5) is 11.4 Å². The number of fused-ring (bicyclic) bond motifs is 1. The molecular formula is C16H16N2O2. The van der Waals surface area contributed by atoms with Gasteiger partial charge in [-0.15, -0.1) is 0 Å². The summed E-state index contributed by atoms with van der Waals surface area (Å²) in [6.45, 7) is 2.57. The number of para-hydroxylation sites is 2. The first-order valence-electron chi connectivity index (χ1n) is 6.53. The van der Waals surface area contributed by atoms with Crippen LogP contribution in [0.25, 0.3) is 0 Å². The third kappa shape index (κ3) is 2.09. The molecule has 4 heteroatoms. The number of rotatable bonds is 2. The van der Waals surface area contributed by atoms with Crippen molar-refractivity contribution >= 4 is 17.3 Å². The highest BCUT2D eigenvalue weighted by molar-refractivity contribution is 5.97. The van der Waals surface area contributed by atoms with Crippen LogP contribution in [-0.4, -0.2) is 12.5 Å². The lowest BCUT2D eigenvalue weighted by Crippen LogP contribution is -2.38. The Kier molecular flexibility index (Phi) is 3.06. The first-order chi connectivity index (χ1) is 9.66. The maximum Gasteiger partial charge on any atom is 0.265 e. The van der Waals surface area contributed by atoms with Crippen molar-refractivity contribution in [1.29, 1.82) is 0 Å². The lowest BCUT2D eigenvalue weighted by molar-refractivity contribution is -0.121. The normalized spacial score (nSPS) is 13.8.